The lowest BCUT2D eigenvalue weighted by molar-refractivity contribution is 0.0765. The summed E-state index contributed by atoms with van der Waals surface area (Å²) < 4.78 is 2.12. The summed E-state index contributed by atoms with van der Waals surface area (Å²) in [6, 6.07) is 6.00. The molecule has 1 amide bonds. The second kappa shape index (κ2) is 5.07. The van der Waals surface area contributed by atoms with Gasteiger partial charge in [0.15, 0.2) is 0 Å². The van der Waals surface area contributed by atoms with Gasteiger partial charge in [0.1, 0.15) is 5.00 Å². The number of thiophene rings is 1. The van der Waals surface area contributed by atoms with Crippen LogP contribution in [0.1, 0.15) is 28.2 Å². The van der Waals surface area contributed by atoms with E-state index in [0.717, 1.165) is 22.0 Å². The largest absolute Gasteiger partial charge is 0.391 e. The van der Waals surface area contributed by atoms with Gasteiger partial charge < -0.3 is 14.6 Å². The van der Waals surface area contributed by atoms with E-state index in [4.69, 9.17) is 0 Å². The molecule has 1 fully saturated rings. The van der Waals surface area contributed by atoms with Gasteiger partial charge in [-0.15, -0.1) is 11.3 Å². The summed E-state index contributed by atoms with van der Waals surface area (Å²) in [5.41, 5.74) is 2.98. The first-order valence-electron chi connectivity index (χ1n) is 6.78. The van der Waals surface area contributed by atoms with Gasteiger partial charge in [0.2, 0.25) is 0 Å². The van der Waals surface area contributed by atoms with Crippen molar-refractivity contribution in [2.45, 2.75) is 26.4 Å². The molecule has 0 radical (unpaired) electrons. The molecule has 5 heteroatoms. The normalized spacial score (nSPS) is 18.8. The van der Waals surface area contributed by atoms with Gasteiger partial charge in [0.25, 0.3) is 5.91 Å². The molecule has 20 heavy (non-hydrogen) atoms. The molecule has 4 nitrogen and oxygen atoms in total. The summed E-state index contributed by atoms with van der Waals surface area (Å²) in [5, 5.41) is 12.5. The van der Waals surface area contributed by atoms with Gasteiger partial charge in [-0.25, -0.2) is 0 Å². The molecule has 1 aliphatic rings. The van der Waals surface area contributed by atoms with Crippen LogP contribution >= 0.6 is 11.3 Å². The van der Waals surface area contributed by atoms with Crippen LogP contribution in [0.2, 0.25) is 0 Å². The summed E-state index contributed by atoms with van der Waals surface area (Å²) in [6.45, 7) is 5.16. The summed E-state index contributed by atoms with van der Waals surface area (Å²) in [6.07, 6.45) is 0.295. The lowest BCUT2D eigenvalue weighted by Crippen LogP contribution is -2.30. The third-order valence-electron chi connectivity index (χ3n) is 3.80. The molecule has 0 aromatic carbocycles. The quantitative estimate of drug-likeness (QED) is 0.923. The van der Waals surface area contributed by atoms with E-state index in [1.54, 1.807) is 16.2 Å². The Morgan fingerprint density at radius 2 is 2.00 bits per heavy atom. The second-order valence-electron chi connectivity index (χ2n) is 5.28. The van der Waals surface area contributed by atoms with E-state index < -0.39 is 0 Å². The molecule has 2 aromatic heterocycles. The maximum Gasteiger partial charge on any atom is 0.256 e. The predicted octanol–water partition coefficient (Wildman–Crippen LogP) is 2.36. The molecule has 0 aliphatic carbocycles. The van der Waals surface area contributed by atoms with Crippen molar-refractivity contribution in [2.24, 2.45) is 0 Å². The van der Waals surface area contributed by atoms with Gasteiger partial charge in [0, 0.05) is 24.5 Å². The minimum atomic E-state index is -0.379. The number of aromatic nitrogens is 1. The predicted molar refractivity (Wildman–Crippen MR) is 79.6 cm³/mol. The SMILES string of the molecule is Cc1ccc(C)n1-c1sccc1C(=O)N1CC[C@@H](O)C1. The third kappa shape index (κ3) is 2.17. The zero-order valence-corrected chi connectivity index (χ0v) is 12.5. The van der Waals surface area contributed by atoms with Crippen LogP contribution in [0.15, 0.2) is 23.6 Å². The molecular weight excluding hydrogens is 272 g/mol. The van der Waals surface area contributed by atoms with Crippen LogP contribution in [0, 0.1) is 13.8 Å². The number of aliphatic hydroxyl groups is 1. The van der Waals surface area contributed by atoms with Crippen molar-refractivity contribution in [3.05, 3.63) is 40.5 Å². The number of amides is 1. The van der Waals surface area contributed by atoms with Crippen molar-refractivity contribution in [1.29, 1.82) is 0 Å². The van der Waals surface area contributed by atoms with Gasteiger partial charge in [-0.05, 0) is 43.8 Å². The maximum absolute atomic E-state index is 12.6. The number of hydrogen-bond acceptors (Lipinski definition) is 3. The van der Waals surface area contributed by atoms with E-state index in [1.807, 2.05) is 25.3 Å². The summed E-state index contributed by atoms with van der Waals surface area (Å²) in [7, 11) is 0. The highest BCUT2D eigenvalue weighted by Crippen LogP contribution is 2.27. The maximum atomic E-state index is 12.6. The first kappa shape index (κ1) is 13.4. The fourth-order valence-electron chi connectivity index (χ4n) is 2.72. The van der Waals surface area contributed by atoms with Crippen LogP contribution < -0.4 is 0 Å². The van der Waals surface area contributed by atoms with Crippen LogP contribution in [0.3, 0.4) is 0 Å². The number of likely N-dealkylation sites (tertiary alicyclic amines) is 1. The minimum Gasteiger partial charge on any atom is -0.391 e. The van der Waals surface area contributed by atoms with Crippen molar-refractivity contribution in [3.63, 3.8) is 0 Å². The zero-order chi connectivity index (χ0) is 14.3. The van der Waals surface area contributed by atoms with Gasteiger partial charge in [-0.1, -0.05) is 0 Å². The Hall–Kier alpha value is -1.59. The van der Waals surface area contributed by atoms with E-state index in [1.165, 1.54) is 0 Å². The Morgan fingerprint density at radius 3 is 2.60 bits per heavy atom. The Kier molecular flexibility index (Phi) is 3.40. The standard InChI is InChI=1S/C15H18N2O2S/c1-10-3-4-11(2)17(10)15-13(6-8-20-15)14(19)16-7-5-12(18)9-16/h3-4,6,8,12,18H,5,7,9H2,1-2H3/t12-/m1/s1. The molecule has 0 spiro atoms. The van der Waals surface area contributed by atoms with E-state index in [-0.39, 0.29) is 12.0 Å². The molecule has 106 valence electrons. The Bertz CT molecular complexity index is 625. The molecule has 0 saturated carbocycles. The number of aryl methyl sites for hydroxylation is 2. The van der Waals surface area contributed by atoms with Crippen molar-refractivity contribution >= 4 is 17.2 Å². The minimum absolute atomic E-state index is 0.0188. The highest BCUT2D eigenvalue weighted by Gasteiger charge is 2.28. The van der Waals surface area contributed by atoms with Gasteiger partial charge in [0.05, 0.1) is 11.7 Å². The first-order chi connectivity index (χ1) is 9.58. The highest BCUT2D eigenvalue weighted by molar-refractivity contribution is 7.13. The van der Waals surface area contributed by atoms with Crippen molar-refractivity contribution in [3.8, 4) is 5.00 Å². The number of carbonyl (C=O) groups is 1. The average molecular weight is 290 g/mol. The Balaban J connectivity index is 1.97. The molecule has 3 rings (SSSR count). The molecule has 1 aliphatic heterocycles. The molecule has 3 heterocycles. The topological polar surface area (TPSA) is 45.5 Å². The molecule has 1 atom stereocenters. The lowest BCUT2D eigenvalue weighted by Gasteiger charge is -2.17. The molecule has 2 aromatic rings. The number of carbonyl (C=O) groups excluding carboxylic acids is 1. The number of rotatable bonds is 2. The second-order valence-corrected chi connectivity index (χ2v) is 6.18. The van der Waals surface area contributed by atoms with E-state index >= 15 is 0 Å². The Labute approximate surface area is 122 Å². The van der Waals surface area contributed by atoms with Crippen LogP contribution in [0.25, 0.3) is 5.00 Å². The average Bonchev–Trinajstić information content (AvgIpc) is 3.10. The third-order valence-corrected chi connectivity index (χ3v) is 4.70. The van der Waals surface area contributed by atoms with E-state index in [2.05, 4.69) is 16.7 Å². The highest BCUT2D eigenvalue weighted by atomic mass is 32.1. The monoisotopic (exact) mass is 290 g/mol. The van der Waals surface area contributed by atoms with E-state index in [0.29, 0.717) is 19.5 Å². The molecule has 0 bridgehead atoms. The molecular formula is C15H18N2O2S. The number of nitrogens with zero attached hydrogens (tertiary/aromatic N) is 2. The fraction of sp³-hybridized carbons (Fsp3) is 0.400. The molecule has 0 unspecified atom stereocenters. The zero-order valence-electron chi connectivity index (χ0n) is 11.7. The molecule has 1 saturated heterocycles. The lowest BCUT2D eigenvalue weighted by atomic mass is 10.2. The summed E-state index contributed by atoms with van der Waals surface area (Å²) >= 11 is 1.58. The summed E-state index contributed by atoms with van der Waals surface area (Å²) in [4.78, 5) is 14.3. The van der Waals surface area contributed by atoms with Crippen molar-refractivity contribution < 1.29 is 9.90 Å². The van der Waals surface area contributed by atoms with E-state index in [9.17, 15) is 9.90 Å². The smallest absolute Gasteiger partial charge is 0.256 e. The van der Waals surface area contributed by atoms with Crippen molar-refractivity contribution in [1.82, 2.24) is 9.47 Å². The number of aliphatic hydroxyl groups excluding tert-OH is 1. The number of hydrogen-bond donors (Lipinski definition) is 1. The van der Waals surface area contributed by atoms with Crippen LogP contribution in [0.5, 0.6) is 0 Å². The number of β-amino-alcohol motifs (C(OH)–C–C–N with tert-alkyl or cyclic N) is 1. The van der Waals surface area contributed by atoms with Crippen molar-refractivity contribution in [2.75, 3.05) is 13.1 Å². The molecule has 1 N–H and O–H groups in total. The van der Waals surface area contributed by atoms with Gasteiger partial charge >= 0.3 is 0 Å². The van der Waals surface area contributed by atoms with Crippen LogP contribution in [0.4, 0.5) is 0 Å². The van der Waals surface area contributed by atoms with Gasteiger partial charge in [-0.3, -0.25) is 4.79 Å². The van der Waals surface area contributed by atoms with Crippen LogP contribution in [-0.2, 0) is 0 Å². The Morgan fingerprint density at radius 1 is 1.30 bits per heavy atom. The van der Waals surface area contributed by atoms with Crippen LogP contribution in [-0.4, -0.2) is 39.7 Å². The summed E-state index contributed by atoms with van der Waals surface area (Å²) in [5.74, 6) is 0.0188. The fourth-order valence-corrected chi connectivity index (χ4v) is 3.73. The first-order valence-corrected chi connectivity index (χ1v) is 7.66. The van der Waals surface area contributed by atoms with Gasteiger partial charge in [-0.2, -0.15) is 0 Å².